The van der Waals surface area contributed by atoms with Gasteiger partial charge in [-0.1, -0.05) is 24.6 Å². The molecular formula is C16H21ClFN3. The fraction of sp³-hybridized carbons (Fsp3) is 0.438. The molecule has 0 saturated carbocycles. The van der Waals surface area contributed by atoms with Crippen LogP contribution in [-0.4, -0.2) is 16.3 Å². The second-order valence-electron chi connectivity index (χ2n) is 5.17. The number of nitrogens with one attached hydrogen (secondary N) is 1. The van der Waals surface area contributed by atoms with Gasteiger partial charge in [0.1, 0.15) is 5.82 Å². The third-order valence-electron chi connectivity index (χ3n) is 3.60. The maximum absolute atomic E-state index is 13.7. The Kier molecular flexibility index (Phi) is 5.76. The summed E-state index contributed by atoms with van der Waals surface area (Å²) in [6.45, 7) is 3.02. The minimum Gasteiger partial charge on any atom is -0.310 e. The fourth-order valence-corrected chi connectivity index (χ4v) is 2.49. The second-order valence-corrected chi connectivity index (χ2v) is 5.57. The summed E-state index contributed by atoms with van der Waals surface area (Å²) in [4.78, 5) is 0. The average Bonchev–Trinajstić information content (AvgIpc) is 2.88. The molecule has 0 bridgehead atoms. The molecule has 0 aliphatic heterocycles. The van der Waals surface area contributed by atoms with Crippen LogP contribution in [0, 0.1) is 5.82 Å². The molecule has 3 nitrogen and oxygen atoms in total. The molecule has 1 atom stereocenters. The van der Waals surface area contributed by atoms with E-state index in [0.29, 0.717) is 0 Å². The summed E-state index contributed by atoms with van der Waals surface area (Å²) in [6, 6.07) is 7.17. The van der Waals surface area contributed by atoms with Crippen LogP contribution < -0.4 is 5.32 Å². The third kappa shape index (κ3) is 4.29. The number of hydrogen-bond donors (Lipinski definition) is 1. The smallest absolute Gasteiger partial charge is 0.142 e. The summed E-state index contributed by atoms with van der Waals surface area (Å²) in [6.07, 6.45) is 4.62. The number of benzene rings is 1. The van der Waals surface area contributed by atoms with Crippen LogP contribution in [-0.2, 0) is 13.5 Å². The van der Waals surface area contributed by atoms with Crippen molar-refractivity contribution >= 4 is 11.6 Å². The van der Waals surface area contributed by atoms with Crippen LogP contribution in [0.25, 0.3) is 0 Å². The van der Waals surface area contributed by atoms with Crippen LogP contribution >= 0.6 is 11.6 Å². The van der Waals surface area contributed by atoms with Crippen molar-refractivity contribution in [1.82, 2.24) is 15.1 Å². The minimum atomic E-state index is -0.363. The van der Waals surface area contributed by atoms with E-state index in [1.165, 1.54) is 11.8 Å². The predicted molar refractivity (Wildman–Crippen MR) is 84.0 cm³/mol. The maximum Gasteiger partial charge on any atom is 0.142 e. The first-order valence-corrected chi connectivity index (χ1v) is 7.64. The van der Waals surface area contributed by atoms with Gasteiger partial charge in [0, 0.05) is 25.0 Å². The molecule has 0 spiro atoms. The number of hydrogen-bond acceptors (Lipinski definition) is 2. The van der Waals surface area contributed by atoms with E-state index in [1.807, 2.05) is 23.9 Å². The van der Waals surface area contributed by atoms with E-state index in [2.05, 4.69) is 17.3 Å². The molecular weight excluding hydrogens is 289 g/mol. The molecule has 1 N–H and O–H groups in total. The standard InChI is InChI=1S/C16H21ClFN3/c1-3-9-19-16(7-5-13-8-10-20-21(13)2)12-4-6-14(17)15(18)11-12/h4,6,8,10-11,16,19H,3,5,7,9H2,1-2H3. The van der Waals surface area contributed by atoms with Gasteiger partial charge in [-0.3, -0.25) is 4.68 Å². The molecule has 0 radical (unpaired) electrons. The van der Waals surface area contributed by atoms with E-state index in [4.69, 9.17) is 11.6 Å². The zero-order chi connectivity index (χ0) is 15.2. The maximum atomic E-state index is 13.7. The zero-order valence-electron chi connectivity index (χ0n) is 12.4. The Labute approximate surface area is 130 Å². The number of aryl methyl sites for hydroxylation is 2. The first-order chi connectivity index (χ1) is 10.1. The lowest BCUT2D eigenvalue weighted by Crippen LogP contribution is -2.23. The summed E-state index contributed by atoms with van der Waals surface area (Å²) < 4.78 is 15.5. The molecule has 114 valence electrons. The van der Waals surface area contributed by atoms with Crippen molar-refractivity contribution in [2.75, 3.05) is 6.54 Å². The van der Waals surface area contributed by atoms with Crippen LogP contribution in [0.5, 0.6) is 0 Å². The summed E-state index contributed by atoms with van der Waals surface area (Å²) in [5.74, 6) is -0.363. The Morgan fingerprint density at radius 1 is 1.38 bits per heavy atom. The molecule has 0 saturated heterocycles. The molecule has 0 amide bonds. The summed E-state index contributed by atoms with van der Waals surface area (Å²) in [7, 11) is 1.94. The second kappa shape index (κ2) is 7.57. The Morgan fingerprint density at radius 2 is 2.19 bits per heavy atom. The lowest BCUT2D eigenvalue weighted by atomic mass is 10.0. The summed E-state index contributed by atoms with van der Waals surface area (Å²) in [5, 5.41) is 7.82. The lowest BCUT2D eigenvalue weighted by Gasteiger charge is -2.19. The monoisotopic (exact) mass is 309 g/mol. The molecule has 1 aromatic carbocycles. The molecule has 1 aromatic heterocycles. The molecule has 0 fully saturated rings. The van der Waals surface area contributed by atoms with Crippen molar-refractivity contribution in [1.29, 1.82) is 0 Å². The van der Waals surface area contributed by atoms with Crippen molar-refractivity contribution in [3.63, 3.8) is 0 Å². The van der Waals surface area contributed by atoms with Crippen LogP contribution in [0.2, 0.25) is 5.02 Å². The van der Waals surface area contributed by atoms with E-state index in [-0.39, 0.29) is 16.9 Å². The largest absolute Gasteiger partial charge is 0.310 e. The zero-order valence-corrected chi connectivity index (χ0v) is 13.2. The summed E-state index contributed by atoms with van der Waals surface area (Å²) >= 11 is 5.76. The molecule has 0 aliphatic rings. The first kappa shape index (κ1) is 16.0. The molecule has 1 unspecified atom stereocenters. The Hall–Kier alpha value is -1.39. The quantitative estimate of drug-likeness (QED) is 0.841. The van der Waals surface area contributed by atoms with Gasteiger partial charge in [0.25, 0.3) is 0 Å². The SMILES string of the molecule is CCCNC(CCc1ccnn1C)c1ccc(Cl)c(F)c1. The average molecular weight is 310 g/mol. The van der Waals surface area contributed by atoms with Crippen molar-refractivity contribution in [3.8, 4) is 0 Å². The van der Waals surface area contributed by atoms with E-state index in [9.17, 15) is 4.39 Å². The van der Waals surface area contributed by atoms with E-state index >= 15 is 0 Å². The molecule has 1 heterocycles. The normalized spacial score (nSPS) is 12.6. The van der Waals surface area contributed by atoms with Crippen LogP contribution in [0.15, 0.2) is 30.5 Å². The molecule has 5 heteroatoms. The van der Waals surface area contributed by atoms with Crippen molar-refractivity contribution in [3.05, 3.63) is 52.6 Å². The van der Waals surface area contributed by atoms with Gasteiger partial charge in [0.15, 0.2) is 0 Å². The topological polar surface area (TPSA) is 29.9 Å². The molecule has 2 rings (SSSR count). The molecule has 21 heavy (non-hydrogen) atoms. The van der Waals surface area contributed by atoms with Crippen molar-refractivity contribution < 1.29 is 4.39 Å². The van der Waals surface area contributed by atoms with Gasteiger partial charge in [-0.25, -0.2) is 4.39 Å². The number of halogens is 2. The first-order valence-electron chi connectivity index (χ1n) is 7.27. The van der Waals surface area contributed by atoms with E-state index in [0.717, 1.165) is 31.4 Å². The minimum absolute atomic E-state index is 0.117. The van der Waals surface area contributed by atoms with Gasteiger partial charge in [0.2, 0.25) is 0 Å². The van der Waals surface area contributed by atoms with Gasteiger partial charge >= 0.3 is 0 Å². The lowest BCUT2D eigenvalue weighted by molar-refractivity contribution is 0.488. The Balaban J connectivity index is 2.09. The third-order valence-corrected chi connectivity index (χ3v) is 3.90. The van der Waals surface area contributed by atoms with Gasteiger partial charge < -0.3 is 5.32 Å². The highest BCUT2D eigenvalue weighted by molar-refractivity contribution is 6.30. The van der Waals surface area contributed by atoms with E-state index < -0.39 is 0 Å². The van der Waals surface area contributed by atoms with Gasteiger partial charge in [-0.05, 0) is 49.6 Å². The Morgan fingerprint density at radius 3 is 2.81 bits per heavy atom. The number of nitrogens with zero attached hydrogens (tertiary/aromatic N) is 2. The van der Waals surface area contributed by atoms with Gasteiger partial charge in [-0.2, -0.15) is 5.10 Å². The van der Waals surface area contributed by atoms with E-state index in [1.54, 1.807) is 12.3 Å². The predicted octanol–water partition coefficient (Wildman–Crippen LogP) is 3.89. The number of rotatable bonds is 7. The number of aromatic nitrogens is 2. The summed E-state index contributed by atoms with van der Waals surface area (Å²) in [5.41, 5.74) is 2.11. The molecule has 2 aromatic rings. The highest BCUT2D eigenvalue weighted by Crippen LogP contribution is 2.23. The van der Waals surface area contributed by atoms with Crippen molar-refractivity contribution in [2.45, 2.75) is 32.2 Å². The van der Waals surface area contributed by atoms with Crippen molar-refractivity contribution in [2.24, 2.45) is 7.05 Å². The highest BCUT2D eigenvalue weighted by Gasteiger charge is 2.13. The molecule has 0 aliphatic carbocycles. The fourth-order valence-electron chi connectivity index (χ4n) is 2.37. The highest BCUT2D eigenvalue weighted by atomic mass is 35.5. The van der Waals surface area contributed by atoms with Crippen LogP contribution in [0.4, 0.5) is 4.39 Å². The van der Waals surface area contributed by atoms with Crippen LogP contribution in [0.3, 0.4) is 0 Å². The van der Waals surface area contributed by atoms with Gasteiger partial charge in [-0.15, -0.1) is 0 Å². The Bertz CT molecular complexity index is 583. The van der Waals surface area contributed by atoms with Crippen LogP contribution in [0.1, 0.15) is 37.1 Å². The van der Waals surface area contributed by atoms with Gasteiger partial charge in [0.05, 0.1) is 5.02 Å².